The SMILES string of the molecule is CC(C)c1ccc(CCCNC(=S)Nc2ccccc2Cl)cc1. The molecule has 0 aliphatic heterocycles. The molecule has 4 heteroatoms. The summed E-state index contributed by atoms with van der Waals surface area (Å²) in [7, 11) is 0. The van der Waals surface area contributed by atoms with E-state index in [1.807, 2.05) is 24.3 Å². The average molecular weight is 347 g/mol. The van der Waals surface area contributed by atoms with Crippen LogP contribution in [0.1, 0.15) is 37.3 Å². The van der Waals surface area contributed by atoms with Gasteiger partial charge in [-0.15, -0.1) is 0 Å². The van der Waals surface area contributed by atoms with Gasteiger partial charge in [-0.05, 0) is 54.2 Å². The maximum Gasteiger partial charge on any atom is 0.170 e. The molecule has 0 aliphatic carbocycles. The summed E-state index contributed by atoms with van der Waals surface area (Å²) in [6.45, 7) is 5.26. The zero-order chi connectivity index (χ0) is 16.7. The molecule has 0 atom stereocenters. The lowest BCUT2D eigenvalue weighted by Crippen LogP contribution is -2.29. The van der Waals surface area contributed by atoms with Gasteiger partial charge in [0.15, 0.2) is 5.11 Å². The number of hydrogen-bond donors (Lipinski definition) is 2. The second-order valence-electron chi connectivity index (χ2n) is 5.86. The Morgan fingerprint density at radius 2 is 1.78 bits per heavy atom. The van der Waals surface area contributed by atoms with Crippen LogP contribution in [-0.4, -0.2) is 11.7 Å². The highest BCUT2D eigenvalue weighted by Crippen LogP contribution is 2.20. The van der Waals surface area contributed by atoms with Crippen molar-refractivity contribution in [3.63, 3.8) is 0 Å². The first kappa shape index (κ1) is 17.8. The summed E-state index contributed by atoms with van der Waals surface area (Å²) in [5.41, 5.74) is 3.58. The van der Waals surface area contributed by atoms with Gasteiger partial charge in [0.05, 0.1) is 10.7 Å². The minimum absolute atomic E-state index is 0.582. The van der Waals surface area contributed by atoms with E-state index in [1.54, 1.807) is 0 Å². The molecule has 0 fully saturated rings. The van der Waals surface area contributed by atoms with Crippen molar-refractivity contribution in [1.29, 1.82) is 0 Å². The first-order valence-corrected chi connectivity index (χ1v) is 8.73. The molecule has 2 nitrogen and oxygen atoms in total. The fourth-order valence-electron chi connectivity index (χ4n) is 2.29. The van der Waals surface area contributed by atoms with Gasteiger partial charge >= 0.3 is 0 Å². The predicted octanol–water partition coefficient (Wildman–Crippen LogP) is 5.38. The number of para-hydroxylation sites is 1. The fourth-order valence-corrected chi connectivity index (χ4v) is 2.69. The van der Waals surface area contributed by atoms with Crippen LogP contribution in [0.3, 0.4) is 0 Å². The zero-order valence-corrected chi connectivity index (χ0v) is 15.2. The number of anilines is 1. The Bertz CT molecular complexity index is 638. The van der Waals surface area contributed by atoms with E-state index in [0.717, 1.165) is 25.1 Å². The molecule has 0 aliphatic rings. The number of halogens is 1. The number of hydrogen-bond acceptors (Lipinski definition) is 1. The molecule has 0 unspecified atom stereocenters. The lowest BCUT2D eigenvalue weighted by atomic mass is 10.0. The molecule has 0 saturated carbocycles. The van der Waals surface area contributed by atoms with Gasteiger partial charge in [0.25, 0.3) is 0 Å². The van der Waals surface area contributed by atoms with Gasteiger partial charge in [-0.25, -0.2) is 0 Å². The number of nitrogens with one attached hydrogen (secondary N) is 2. The molecule has 0 heterocycles. The zero-order valence-electron chi connectivity index (χ0n) is 13.6. The minimum Gasteiger partial charge on any atom is -0.362 e. The third kappa shape index (κ3) is 5.85. The number of benzene rings is 2. The van der Waals surface area contributed by atoms with Crippen LogP contribution in [0.15, 0.2) is 48.5 Å². The third-order valence-corrected chi connectivity index (χ3v) is 4.27. The molecule has 23 heavy (non-hydrogen) atoms. The van der Waals surface area contributed by atoms with Crippen molar-refractivity contribution in [2.45, 2.75) is 32.6 Å². The predicted molar refractivity (Wildman–Crippen MR) is 105 cm³/mol. The summed E-state index contributed by atoms with van der Waals surface area (Å²) in [4.78, 5) is 0. The Hall–Kier alpha value is -1.58. The quantitative estimate of drug-likeness (QED) is 0.542. The monoisotopic (exact) mass is 346 g/mol. The smallest absolute Gasteiger partial charge is 0.170 e. The van der Waals surface area contributed by atoms with Crippen molar-refractivity contribution in [2.24, 2.45) is 0 Å². The largest absolute Gasteiger partial charge is 0.362 e. The summed E-state index contributed by atoms with van der Waals surface area (Å²) in [6.07, 6.45) is 2.07. The van der Waals surface area contributed by atoms with Gasteiger partial charge in [0.1, 0.15) is 0 Å². The van der Waals surface area contributed by atoms with E-state index in [-0.39, 0.29) is 0 Å². The first-order chi connectivity index (χ1) is 11.1. The minimum atomic E-state index is 0.582. The Labute approximate surface area is 149 Å². The van der Waals surface area contributed by atoms with Crippen LogP contribution < -0.4 is 10.6 Å². The molecule has 0 saturated heterocycles. The van der Waals surface area contributed by atoms with Crippen LogP contribution in [0.25, 0.3) is 0 Å². The Morgan fingerprint density at radius 3 is 2.43 bits per heavy atom. The van der Waals surface area contributed by atoms with E-state index in [1.165, 1.54) is 11.1 Å². The van der Waals surface area contributed by atoms with E-state index in [4.69, 9.17) is 23.8 Å². The Balaban J connectivity index is 1.70. The number of thiocarbonyl (C=S) groups is 1. The van der Waals surface area contributed by atoms with Crippen molar-refractivity contribution in [2.75, 3.05) is 11.9 Å². The van der Waals surface area contributed by atoms with Crippen LogP contribution in [0.2, 0.25) is 5.02 Å². The fraction of sp³-hybridized carbons (Fsp3) is 0.316. The van der Waals surface area contributed by atoms with E-state index in [0.29, 0.717) is 16.1 Å². The summed E-state index contributed by atoms with van der Waals surface area (Å²) < 4.78 is 0. The van der Waals surface area contributed by atoms with Crippen LogP contribution in [0.5, 0.6) is 0 Å². The highest BCUT2D eigenvalue weighted by molar-refractivity contribution is 7.80. The van der Waals surface area contributed by atoms with Crippen LogP contribution in [0, 0.1) is 0 Å². The molecule has 0 spiro atoms. The van der Waals surface area contributed by atoms with Crippen molar-refractivity contribution in [1.82, 2.24) is 5.32 Å². The van der Waals surface area contributed by atoms with Gasteiger partial charge in [-0.2, -0.15) is 0 Å². The molecule has 2 N–H and O–H groups in total. The summed E-state index contributed by atoms with van der Waals surface area (Å²) in [5, 5.41) is 7.61. The molecule has 0 aromatic heterocycles. The molecule has 0 bridgehead atoms. The van der Waals surface area contributed by atoms with Crippen molar-refractivity contribution in [3.05, 3.63) is 64.7 Å². The molecule has 2 aromatic carbocycles. The van der Waals surface area contributed by atoms with Crippen LogP contribution >= 0.6 is 23.8 Å². The Kier molecular flexibility index (Phi) is 6.87. The topological polar surface area (TPSA) is 24.1 Å². The first-order valence-electron chi connectivity index (χ1n) is 7.94. The van der Waals surface area contributed by atoms with Crippen LogP contribution in [0.4, 0.5) is 5.69 Å². The Morgan fingerprint density at radius 1 is 1.09 bits per heavy atom. The summed E-state index contributed by atoms with van der Waals surface area (Å²) in [5.74, 6) is 0.582. The van der Waals surface area contributed by atoms with E-state index in [2.05, 4.69) is 48.7 Å². The highest BCUT2D eigenvalue weighted by atomic mass is 35.5. The maximum atomic E-state index is 6.09. The van der Waals surface area contributed by atoms with Gasteiger partial charge < -0.3 is 10.6 Å². The van der Waals surface area contributed by atoms with Crippen molar-refractivity contribution >= 4 is 34.6 Å². The van der Waals surface area contributed by atoms with Crippen LogP contribution in [-0.2, 0) is 6.42 Å². The third-order valence-electron chi connectivity index (χ3n) is 3.70. The number of rotatable bonds is 6. The molecule has 2 aromatic rings. The van der Waals surface area contributed by atoms with E-state index >= 15 is 0 Å². The molecular weight excluding hydrogens is 324 g/mol. The molecular formula is C19H23ClN2S. The van der Waals surface area contributed by atoms with Gasteiger partial charge in [-0.3, -0.25) is 0 Å². The van der Waals surface area contributed by atoms with Gasteiger partial charge in [0.2, 0.25) is 0 Å². The summed E-state index contributed by atoms with van der Waals surface area (Å²) >= 11 is 11.4. The second kappa shape index (κ2) is 8.90. The molecule has 0 amide bonds. The second-order valence-corrected chi connectivity index (χ2v) is 6.68. The molecule has 122 valence electrons. The van der Waals surface area contributed by atoms with Crippen molar-refractivity contribution in [3.8, 4) is 0 Å². The highest BCUT2D eigenvalue weighted by Gasteiger charge is 2.02. The van der Waals surface area contributed by atoms with Gasteiger partial charge in [0, 0.05) is 6.54 Å². The number of aryl methyl sites for hydroxylation is 1. The summed E-state index contributed by atoms with van der Waals surface area (Å²) in [6, 6.07) is 16.4. The average Bonchev–Trinajstić information content (AvgIpc) is 2.54. The normalized spacial score (nSPS) is 10.6. The molecule has 2 rings (SSSR count). The lowest BCUT2D eigenvalue weighted by molar-refractivity contribution is 0.776. The van der Waals surface area contributed by atoms with Gasteiger partial charge in [-0.1, -0.05) is 61.8 Å². The standard InChI is InChI=1S/C19H23ClN2S/c1-14(2)16-11-9-15(10-12-16)6-5-13-21-19(23)22-18-8-4-3-7-17(18)20/h3-4,7-12,14H,5-6,13H2,1-2H3,(H2,21,22,23). The van der Waals surface area contributed by atoms with E-state index < -0.39 is 0 Å². The van der Waals surface area contributed by atoms with E-state index in [9.17, 15) is 0 Å². The lowest BCUT2D eigenvalue weighted by Gasteiger charge is -2.12. The maximum absolute atomic E-state index is 6.09. The van der Waals surface area contributed by atoms with Crippen molar-refractivity contribution < 1.29 is 0 Å². The molecule has 0 radical (unpaired) electrons.